The van der Waals surface area contributed by atoms with Crippen molar-refractivity contribution in [1.82, 2.24) is 0 Å². The Morgan fingerprint density at radius 3 is 2.48 bits per heavy atom. The van der Waals surface area contributed by atoms with Crippen molar-refractivity contribution in [2.75, 3.05) is 29.0 Å². The fraction of sp³-hybridized carbons (Fsp3) is 0.350. The van der Waals surface area contributed by atoms with Gasteiger partial charge in [-0.3, -0.25) is 14.9 Å². The molecule has 0 aromatic heterocycles. The Bertz CT molecular complexity index is 858. The molecule has 7 nitrogen and oxygen atoms in total. The molecule has 0 radical (unpaired) electrons. The first-order chi connectivity index (χ1) is 12.8. The second-order valence-corrected chi connectivity index (χ2v) is 7.35. The summed E-state index contributed by atoms with van der Waals surface area (Å²) in [5.41, 5.74) is 7.50. The summed E-state index contributed by atoms with van der Waals surface area (Å²) in [6, 6.07) is 11.5. The summed E-state index contributed by atoms with van der Waals surface area (Å²) < 4.78 is 0. The number of para-hydroxylation sites is 2. The van der Waals surface area contributed by atoms with E-state index >= 15 is 0 Å². The number of anilines is 3. The number of carbonyl (C=O) groups is 1. The van der Waals surface area contributed by atoms with Crippen LogP contribution >= 0.6 is 0 Å². The summed E-state index contributed by atoms with van der Waals surface area (Å²) in [4.78, 5) is 25.8. The van der Waals surface area contributed by atoms with Gasteiger partial charge in [-0.15, -0.1) is 0 Å². The zero-order chi connectivity index (χ0) is 19.6. The van der Waals surface area contributed by atoms with Gasteiger partial charge >= 0.3 is 0 Å². The molecular weight excluding hydrogens is 344 g/mol. The molecule has 2 atom stereocenters. The normalized spacial score (nSPS) is 19.6. The number of hydrogen-bond donors (Lipinski definition) is 2. The zero-order valence-corrected chi connectivity index (χ0v) is 15.5. The summed E-state index contributed by atoms with van der Waals surface area (Å²) in [6.07, 6.45) is 1.11. The predicted molar refractivity (Wildman–Crippen MR) is 107 cm³/mol. The molecule has 1 aliphatic heterocycles. The van der Waals surface area contributed by atoms with Gasteiger partial charge < -0.3 is 16.0 Å². The third-order valence-corrected chi connectivity index (χ3v) is 4.85. The molecule has 1 saturated heterocycles. The van der Waals surface area contributed by atoms with Gasteiger partial charge in [0, 0.05) is 24.7 Å². The molecule has 0 saturated carbocycles. The summed E-state index contributed by atoms with van der Waals surface area (Å²) in [7, 11) is 0. The number of nitro groups is 1. The van der Waals surface area contributed by atoms with E-state index < -0.39 is 10.8 Å². The van der Waals surface area contributed by atoms with Gasteiger partial charge in [0.1, 0.15) is 5.69 Å². The highest BCUT2D eigenvalue weighted by Crippen LogP contribution is 2.34. The summed E-state index contributed by atoms with van der Waals surface area (Å²) in [5, 5.41) is 14.3. The van der Waals surface area contributed by atoms with Crippen molar-refractivity contribution in [3.63, 3.8) is 0 Å². The van der Waals surface area contributed by atoms with Gasteiger partial charge in [-0.25, -0.2) is 0 Å². The second kappa shape index (κ2) is 7.65. The summed E-state index contributed by atoms with van der Waals surface area (Å²) in [6.45, 7) is 5.86. The van der Waals surface area contributed by atoms with Crippen LogP contribution in [0.25, 0.3) is 0 Å². The minimum absolute atomic E-state index is 0.0509. The number of benzene rings is 2. The molecule has 27 heavy (non-hydrogen) atoms. The molecule has 3 rings (SSSR count). The molecule has 1 fully saturated rings. The zero-order valence-electron chi connectivity index (χ0n) is 15.5. The number of piperidine rings is 1. The van der Waals surface area contributed by atoms with E-state index in [9.17, 15) is 14.9 Å². The van der Waals surface area contributed by atoms with Gasteiger partial charge in [-0.1, -0.05) is 26.0 Å². The Balaban J connectivity index is 1.88. The van der Waals surface area contributed by atoms with Crippen molar-refractivity contribution < 1.29 is 9.72 Å². The van der Waals surface area contributed by atoms with E-state index in [1.54, 1.807) is 36.4 Å². The lowest BCUT2D eigenvalue weighted by Crippen LogP contribution is -2.39. The number of nitrogens with zero attached hydrogens (tertiary/aromatic N) is 2. The van der Waals surface area contributed by atoms with Gasteiger partial charge in [0.05, 0.1) is 16.3 Å². The highest BCUT2D eigenvalue weighted by molar-refractivity contribution is 6.06. The lowest BCUT2D eigenvalue weighted by atomic mass is 9.91. The molecule has 1 heterocycles. The average molecular weight is 368 g/mol. The Morgan fingerprint density at radius 2 is 1.85 bits per heavy atom. The molecule has 1 aliphatic rings. The smallest absolute Gasteiger partial charge is 0.293 e. The SMILES string of the molecule is CC1CC(C)CN(c2ccc(C(=O)Nc3ccccc3N)cc2[N+](=O)[O-])C1. The Morgan fingerprint density at radius 1 is 1.19 bits per heavy atom. The molecule has 0 spiro atoms. The number of nitro benzene ring substituents is 1. The minimum Gasteiger partial charge on any atom is -0.397 e. The van der Waals surface area contributed by atoms with E-state index in [0.717, 1.165) is 19.5 Å². The Labute approximate surface area is 158 Å². The third-order valence-electron chi connectivity index (χ3n) is 4.85. The Kier molecular flexibility index (Phi) is 5.30. The van der Waals surface area contributed by atoms with Gasteiger partial charge in [-0.2, -0.15) is 0 Å². The van der Waals surface area contributed by atoms with Crippen molar-refractivity contribution in [2.24, 2.45) is 11.8 Å². The summed E-state index contributed by atoms with van der Waals surface area (Å²) in [5.74, 6) is 0.512. The van der Waals surface area contributed by atoms with E-state index in [1.807, 2.05) is 4.90 Å². The lowest BCUT2D eigenvalue weighted by molar-refractivity contribution is -0.384. The maximum absolute atomic E-state index is 12.5. The molecule has 2 aromatic carbocycles. The minimum atomic E-state index is -0.428. The maximum atomic E-state index is 12.5. The monoisotopic (exact) mass is 368 g/mol. The van der Waals surface area contributed by atoms with Gasteiger partial charge in [-0.05, 0) is 42.5 Å². The van der Waals surface area contributed by atoms with Crippen LogP contribution in [0.4, 0.5) is 22.7 Å². The number of rotatable bonds is 4. The van der Waals surface area contributed by atoms with Crippen molar-refractivity contribution in [3.8, 4) is 0 Å². The molecule has 2 aromatic rings. The van der Waals surface area contributed by atoms with Crippen molar-refractivity contribution in [1.29, 1.82) is 0 Å². The first-order valence-corrected chi connectivity index (χ1v) is 9.04. The van der Waals surface area contributed by atoms with E-state index in [2.05, 4.69) is 19.2 Å². The number of amides is 1. The number of carbonyl (C=O) groups excluding carboxylic acids is 1. The molecule has 3 N–H and O–H groups in total. The van der Waals surface area contributed by atoms with Crippen LogP contribution in [-0.2, 0) is 0 Å². The number of nitrogens with one attached hydrogen (secondary N) is 1. The van der Waals surface area contributed by atoms with E-state index in [-0.39, 0.29) is 11.3 Å². The van der Waals surface area contributed by atoms with E-state index in [4.69, 9.17) is 5.73 Å². The maximum Gasteiger partial charge on any atom is 0.293 e. The van der Waals surface area contributed by atoms with Crippen LogP contribution in [-0.4, -0.2) is 23.9 Å². The third kappa shape index (κ3) is 4.19. The van der Waals surface area contributed by atoms with Crippen molar-refractivity contribution >= 4 is 28.7 Å². The van der Waals surface area contributed by atoms with Crippen LogP contribution < -0.4 is 16.0 Å². The molecule has 0 bridgehead atoms. The molecule has 0 aliphatic carbocycles. The van der Waals surface area contributed by atoms with E-state index in [0.29, 0.717) is 28.9 Å². The van der Waals surface area contributed by atoms with Crippen LogP contribution in [0.2, 0.25) is 0 Å². The van der Waals surface area contributed by atoms with Crippen LogP contribution in [0.5, 0.6) is 0 Å². The van der Waals surface area contributed by atoms with Gasteiger partial charge in [0.25, 0.3) is 11.6 Å². The number of nitrogen functional groups attached to an aromatic ring is 1. The average Bonchev–Trinajstić information content (AvgIpc) is 2.62. The fourth-order valence-corrected chi connectivity index (χ4v) is 3.74. The molecule has 142 valence electrons. The van der Waals surface area contributed by atoms with E-state index in [1.165, 1.54) is 6.07 Å². The highest BCUT2D eigenvalue weighted by atomic mass is 16.6. The van der Waals surface area contributed by atoms with Crippen LogP contribution in [0, 0.1) is 22.0 Å². The molecule has 1 amide bonds. The lowest BCUT2D eigenvalue weighted by Gasteiger charge is -2.36. The molecule has 7 heteroatoms. The largest absolute Gasteiger partial charge is 0.397 e. The molecule has 2 unspecified atom stereocenters. The van der Waals surface area contributed by atoms with Gasteiger partial charge in [0.15, 0.2) is 0 Å². The fourth-order valence-electron chi connectivity index (χ4n) is 3.74. The highest BCUT2D eigenvalue weighted by Gasteiger charge is 2.28. The standard InChI is InChI=1S/C20H24N4O3/c1-13-9-14(2)12-23(11-13)18-8-7-15(10-19(18)24(26)27)20(25)22-17-6-4-3-5-16(17)21/h3-8,10,13-14H,9,11-12,21H2,1-2H3,(H,22,25). The quantitative estimate of drug-likeness (QED) is 0.484. The number of hydrogen-bond acceptors (Lipinski definition) is 5. The van der Waals surface area contributed by atoms with Crippen LogP contribution in [0.15, 0.2) is 42.5 Å². The van der Waals surface area contributed by atoms with Crippen LogP contribution in [0.1, 0.15) is 30.6 Å². The first kappa shape index (κ1) is 18.7. The van der Waals surface area contributed by atoms with Crippen molar-refractivity contribution in [2.45, 2.75) is 20.3 Å². The van der Waals surface area contributed by atoms with Crippen LogP contribution in [0.3, 0.4) is 0 Å². The molecular formula is C20H24N4O3. The number of nitrogens with two attached hydrogens (primary N) is 1. The topological polar surface area (TPSA) is 102 Å². The van der Waals surface area contributed by atoms with Crippen molar-refractivity contribution in [3.05, 3.63) is 58.1 Å². The Hall–Kier alpha value is -3.09. The summed E-state index contributed by atoms with van der Waals surface area (Å²) >= 11 is 0. The predicted octanol–water partition coefficient (Wildman–Crippen LogP) is 3.91. The second-order valence-electron chi connectivity index (χ2n) is 7.35. The van der Waals surface area contributed by atoms with Gasteiger partial charge in [0.2, 0.25) is 0 Å². The first-order valence-electron chi connectivity index (χ1n) is 9.04.